The molecule has 1 fully saturated rings. The number of nitrogens with one attached hydrogen (secondary N) is 1. The highest BCUT2D eigenvalue weighted by atomic mass is 35.5. The number of hydrogen-bond acceptors (Lipinski definition) is 11. The van der Waals surface area contributed by atoms with Crippen molar-refractivity contribution in [1.82, 2.24) is 34.7 Å². The maximum Gasteiger partial charge on any atom is 0.245 e. The van der Waals surface area contributed by atoms with Gasteiger partial charge in [0.25, 0.3) is 0 Å². The fraction of sp³-hybridized carbons (Fsp3) is 0.524. The number of halogens is 1. The maximum atomic E-state index is 13.5. The van der Waals surface area contributed by atoms with Crippen LogP contribution in [0.25, 0.3) is 5.69 Å². The molecule has 1 aliphatic rings. The number of ether oxygens (including phenoxy) is 3. The van der Waals surface area contributed by atoms with Crippen LogP contribution in [0.5, 0.6) is 11.8 Å². The molecule has 2 unspecified atom stereocenters. The van der Waals surface area contributed by atoms with Crippen LogP contribution in [0.2, 0.25) is 5.02 Å². The van der Waals surface area contributed by atoms with Crippen LogP contribution in [-0.4, -0.2) is 69.7 Å². The molecule has 13 nitrogen and oxygen atoms in total. The molecule has 0 radical (unpaired) electrons. The predicted molar refractivity (Wildman–Crippen MR) is 130 cm³/mol. The topological polar surface area (TPSA) is 156 Å². The molecule has 0 amide bonds. The Morgan fingerprint density at radius 3 is 2.19 bits per heavy atom. The lowest BCUT2D eigenvalue weighted by Gasteiger charge is -2.32. The summed E-state index contributed by atoms with van der Waals surface area (Å²) in [7, 11) is 0.174. The van der Waals surface area contributed by atoms with Crippen LogP contribution in [0.1, 0.15) is 50.4 Å². The summed E-state index contributed by atoms with van der Waals surface area (Å²) in [6, 6.07) is 0. The smallest absolute Gasteiger partial charge is 0.245 e. The molecular formula is C21H27ClN8O5S. The second-order valence-corrected chi connectivity index (χ2v) is 11.0. The largest absolute Gasteiger partial charge is 0.479 e. The van der Waals surface area contributed by atoms with Crippen molar-refractivity contribution >= 4 is 27.6 Å². The Labute approximate surface area is 213 Å². The van der Waals surface area contributed by atoms with Crippen molar-refractivity contribution in [3.8, 4) is 17.4 Å². The number of hydrogen-bond donors (Lipinski definition) is 1. The molecule has 0 bridgehead atoms. The molecule has 0 saturated heterocycles. The van der Waals surface area contributed by atoms with Gasteiger partial charge in [0.05, 0.1) is 19.2 Å². The summed E-state index contributed by atoms with van der Waals surface area (Å²) in [4.78, 5) is 16.6. The number of rotatable bonds is 10. The quantitative estimate of drug-likeness (QED) is 0.404. The van der Waals surface area contributed by atoms with Gasteiger partial charge in [0.15, 0.2) is 11.5 Å². The highest BCUT2D eigenvalue weighted by molar-refractivity contribution is 7.93. The number of aromatic nitrogens is 7. The standard InChI is InChI=1S/C21H27ClN8O5S/c1-11-6-13(7-11)18-27-28-21(30(18)15-19(34-4)25-10-26-20(15)35-5)29-36(31,32)12(2)16(33-3)17-23-8-14(22)9-24-17/h8-13,16H,6-7H2,1-5H3,(H,28,29). The van der Waals surface area contributed by atoms with E-state index in [0.29, 0.717) is 16.8 Å². The summed E-state index contributed by atoms with van der Waals surface area (Å²) in [5.41, 5.74) is 0.289. The summed E-state index contributed by atoms with van der Waals surface area (Å²) < 4.78 is 47.4. The van der Waals surface area contributed by atoms with Crippen LogP contribution in [0.4, 0.5) is 5.95 Å². The third-order valence-corrected chi connectivity index (χ3v) is 7.98. The summed E-state index contributed by atoms with van der Waals surface area (Å²) >= 11 is 5.87. The average molecular weight is 539 g/mol. The van der Waals surface area contributed by atoms with Crippen LogP contribution in [0, 0.1) is 5.92 Å². The highest BCUT2D eigenvalue weighted by Crippen LogP contribution is 2.43. The molecule has 1 saturated carbocycles. The third kappa shape index (κ3) is 4.92. The van der Waals surface area contributed by atoms with Gasteiger partial charge in [-0.2, -0.15) is 9.97 Å². The van der Waals surface area contributed by atoms with E-state index in [1.165, 1.54) is 47.0 Å². The van der Waals surface area contributed by atoms with Crippen molar-refractivity contribution in [2.24, 2.45) is 5.92 Å². The first-order valence-corrected chi connectivity index (χ1v) is 13.0. The molecule has 15 heteroatoms. The van der Waals surface area contributed by atoms with E-state index in [9.17, 15) is 8.42 Å². The first-order valence-electron chi connectivity index (χ1n) is 11.1. The first-order chi connectivity index (χ1) is 17.2. The molecule has 1 N–H and O–H groups in total. The Hall–Kier alpha value is -3.10. The van der Waals surface area contributed by atoms with Crippen molar-refractivity contribution < 1.29 is 22.6 Å². The van der Waals surface area contributed by atoms with Crippen molar-refractivity contribution in [3.05, 3.63) is 35.4 Å². The minimum atomic E-state index is -4.10. The molecule has 3 aromatic heterocycles. The minimum Gasteiger partial charge on any atom is -0.479 e. The Kier molecular flexibility index (Phi) is 7.57. The lowest BCUT2D eigenvalue weighted by Crippen LogP contribution is -2.33. The zero-order valence-electron chi connectivity index (χ0n) is 20.4. The monoisotopic (exact) mass is 538 g/mol. The van der Waals surface area contributed by atoms with Crippen molar-refractivity contribution in [2.45, 2.75) is 44.0 Å². The second kappa shape index (κ2) is 10.5. The fourth-order valence-electron chi connectivity index (χ4n) is 4.16. The van der Waals surface area contributed by atoms with Gasteiger partial charge >= 0.3 is 0 Å². The molecular weight excluding hydrogens is 512 g/mol. The zero-order valence-corrected chi connectivity index (χ0v) is 22.0. The molecule has 0 spiro atoms. The zero-order chi connectivity index (χ0) is 26.0. The van der Waals surface area contributed by atoms with E-state index in [1.54, 1.807) is 4.57 Å². The van der Waals surface area contributed by atoms with Gasteiger partial charge in [0.1, 0.15) is 23.5 Å². The van der Waals surface area contributed by atoms with E-state index in [4.69, 9.17) is 25.8 Å². The average Bonchev–Trinajstić information content (AvgIpc) is 3.24. The van der Waals surface area contributed by atoms with E-state index in [0.717, 1.165) is 12.8 Å². The highest BCUT2D eigenvalue weighted by Gasteiger charge is 2.38. The summed E-state index contributed by atoms with van der Waals surface area (Å²) in [5.74, 6) is 1.58. The molecule has 194 valence electrons. The van der Waals surface area contributed by atoms with Crippen molar-refractivity contribution in [3.63, 3.8) is 0 Å². The first kappa shape index (κ1) is 26.0. The summed E-state index contributed by atoms with van der Waals surface area (Å²) in [6.45, 7) is 3.62. The van der Waals surface area contributed by atoms with Gasteiger partial charge in [-0.05, 0) is 25.7 Å². The fourth-order valence-corrected chi connectivity index (χ4v) is 5.39. The molecule has 3 aromatic rings. The maximum absolute atomic E-state index is 13.5. The Morgan fingerprint density at radius 2 is 1.67 bits per heavy atom. The van der Waals surface area contributed by atoms with Crippen LogP contribution in [-0.2, 0) is 14.8 Å². The van der Waals surface area contributed by atoms with Crippen LogP contribution in [0.3, 0.4) is 0 Å². The second-order valence-electron chi connectivity index (χ2n) is 8.50. The minimum absolute atomic E-state index is 0.0605. The van der Waals surface area contributed by atoms with E-state index >= 15 is 0 Å². The number of sulfonamides is 1. The predicted octanol–water partition coefficient (Wildman–Crippen LogP) is 2.55. The lowest BCUT2D eigenvalue weighted by atomic mass is 9.75. The normalized spacial score (nSPS) is 19.3. The van der Waals surface area contributed by atoms with Gasteiger partial charge in [0, 0.05) is 25.4 Å². The molecule has 36 heavy (non-hydrogen) atoms. The van der Waals surface area contributed by atoms with Crippen LogP contribution < -0.4 is 14.2 Å². The van der Waals surface area contributed by atoms with Crippen molar-refractivity contribution in [2.75, 3.05) is 26.1 Å². The third-order valence-electron chi connectivity index (χ3n) is 6.09. The SMILES string of the molecule is COc1ncnc(OC)c1-n1c(NS(=O)(=O)C(C)C(OC)c2ncc(Cl)cn2)nnc1C1CC(C)C1. The van der Waals surface area contributed by atoms with E-state index in [2.05, 4.69) is 41.8 Å². The van der Waals surface area contributed by atoms with Crippen LogP contribution in [0.15, 0.2) is 18.7 Å². The molecule has 3 heterocycles. The number of methoxy groups -OCH3 is 3. The molecule has 0 aliphatic heterocycles. The molecule has 1 aliphatic carbocycles. The Morgan fingerprint density at radius 1 is 1.06 bits per heavy atom. The van der Waals surface area contributed by atoms with Crippen LogP contribution >= 0.6 is 11.6 Å². The number of anilines is 1. The van der Waals surface area contributed by atoms with Gasteiger partial charge in [-0.3, -0.25) is 9.29 Å². The summed E-state index contributed by atoms with van der Waals surface area (Å²) in [5, 5.41) is 7.71. The van der Waals surface area contributed by atoms with Gasteiger partial charge in [-0.1, -0.05) is 18.5 Å². The number of nitrogens with zero attached hydrogens (tertiary/aromatic N) is 7. The van der Waals surface area contributed by atoms with Crippen molar-refractivity contribution in [1.29, 1.82) is 0 Å². The van der Waals surface area contributed by atoms with E-state index in [-0.39, 0.29) is 35.1 Å². The van der Waals surface area contributed by atoms with Gasteiger partial charge < -0.3 is 14.2 Å². The van der Waals surface area contributed by atoms with E-state index in [1.807, 2.05) is 0 Å². The van der Waals surface area contributed by atoms with Gasteiger partial charge in [0.2, 0.25) is 27.7 Å². The van der Waals surface area contributed by atoms with Gasteiger partial charge in [-0.15, -0.1) is 10.2 Å². The molecule has 4 rings (SSSR count). The van der Waals surface area contributed by atoms with Gasteiger partial charge in [-0.25, -0.2) is 18.4 Å². The van der Waals surface area contributed by atoms with E-state index < -0.39 is 21.4 Å². The Bertz CT molecular complexity index is 1290. The molecule has 0 aromatic carbocycles. The lowest BCUT2D eigenvalue weighted by molar-refractivity contribution is 0.0950. The Balaban J connectivity index is 1.76. The molecule has 2 atom stereocenters. The summed E-state index contributed by atoms with van der Waals surface area (Å²) in [6.07, 6.45) is 4.81.